The van der Waals surface area contributed by atoms with Gasteiger partial charge in [-0.1, -0.05) is 6.07 Å². The molecule has 0 aliphatic carbocycles. The molecule has 0 saturated heterocycles. The Kier molecular flexibility index (Phi) is 5.21. The van der Waals surface area contributed by atoms with Crippen LogP contribution in [-0.2, 0) is 9.59 Å². The molecule has 0 N–H and O–H groups in total. The Labute approximate surface area is 147 Å². The molecule has 0 unspecified atom stereocenters. The summed E-state index contributed by atoms with van der Waals surface area (Å²) in [6.07, 6.45) is 0. The van der Waals surface area contributed by atoms with Crippen molar-refractivity contribution in [2.24, 2.45) is 0 Å². The molecule has 0 aliphatic heterocycles. The SMILES string of the molecule is CC(=O)[C@@H](C(=O)N(C)C)n1nc(-c2cc(C)c(C)cc2C)ccc1=O. The van der Waals surface area contributed by atoms with Crippen LogP contribution in [0.3, 0.4) is 0 Å². The van der Waals surface area contributed by atoms with Crippen molar-refractivity contribution in [1.29, 1.82) is 0 Å². The average molecular weight is 341 g/mol. The number of rotatable bonds is 4. The number of benzene rings is 1. The first kappa shape index (κ1) is 18.6. The highest BCUT2D eigenvalue weighted by atomic mass is 16.2. The minimum atomic E-state index is -1.26. The van der Waals surface area contributed by atoms with E-state index in [0.29, 0.717) is 5.69 Å². The topological polar surface area (TPSA) is 72.3 Å². The van der Waals surface area contributed by atoms with Gasteiger partial charge in [-0.3, -0.25) is 14.4 Å². The van der Waals surface area contributed by atoms with Gasteiger partial charge in [0.05, 0.1) is 5.69 Å². The van der Waals surface area contributed by atoms with E-state index in [2.05, 4.69) is 11.2 Å². The van der Waals surface area contributed by atoms with Crippen LogP contribution >= 0.6 is 0 Å². The van der Waals surface area contributed by atoms with E-state index in [1.165, 1.54) is 23.5 Å². The third-order valence-electron chi connectivity index (χ3n) is 4.25. The summed E-state index contributed by atoms with van der Waals surface area (Å²) < 4.78 is 0.981. The zero-order valence-corrected chi connectivity index (χ0v) is 15.5. The average Bonchev–Trinajstić information content (AvgIpc) is 2.52. The number of hydrogen-bond donors (Lipinski definition) is 0. The first-order valence-corrected chi connectivity index (χ1v) is 8.03. The van der Waals surface area contributed by atoms with Crippen molar-refractivity contribution in [2.45, 2.75) is 33.7 Å². The van der Waals surface area contributed by atoms with Gasteiger partial charge in [0.1, 0.15) is 0 Å². The van der Waals surface area contributed by atoms with Crippen LogP contribution in [0, 0.1) is 20.8 Å². The molecule has 0 radical (unpaired) electrons. The maximum Gasteiger partial charge on any atom is 0.267 e. The smallest absolute Gasteiger partial charge is 0.267 e. The van der Waals surface area contributed by atoms with E-state index in [9.17, 15) is 14.4 Å². The van der Waals surface area contributed by atoms with Crippen LogP contribution in [-0.4, -0.2) is 40.5 Å². The molecule has 6 nitrogen and oxygen atoms in total. The summed E-state index contributed by atoms with van der Waals surface area (Å²) in [5.74, 6) is -0.904. The quantitative estimate of drug-likeness (QED) is 0.798. The van der Waals surface area contributed by atoms with E-state index >= 15 is 0 Å². The van der Waals surface area contributed by atoms with Gasteiger partial charge in [0.25, 0.3) is 11.5 Å². The lowest BCUT2D eigenvalue weighted by molar-refractivity contribution is -0.138. The normalized spacial score (nSPS) is 11.9. The van der Waals surface area contributed by atoms with Crippen LogP contribution in [0.25, 0.3) is 11.3 Å². The van der Waals surface area contributed by atoms with Crippen molar-refractivity contribution in [3.8, 4) is 11.3 Å². The maximum absolute atomic E-state index is 12.4. The highest BCUT2D eigenvalue weighted by Gasteiger charge is 2.29. The number of ketones is 1. The van der Waals surface area contributed by atoms with Crippen molar-refractivity contribution >= 4 is 11.7 Å². The van der Waals surface area contributed by atoms with Crippen molar-refractivity contribution < 1.29 is 9.59 Å². The van der Waals surface area contributed by atoms with Crippen LogP contribution < -0.4 is 5.56 Å². The maximum atomic E-state index is 12.4. The fourth-order valence-electron chi connectivity index (χ4n) is 2.69. The molecule has 1 atom stereocenters. The highest BCUT2D eigenvalue weighted by molar-refractivity contribution is 6.02. The Hall–Kier alpha value is -2.76. The molecular weight excluding hydrogens is 318 g/mol. The van der Waals surface area contributed by atoms with Crippen LogP contribution in [0.5, 0.6) is 0 Å². The van der Waals surface area contributed by atoms with E-state index in [-0.39, 0.29) is 0 Å². The Morgan fingerprint density at radius 2 is 1.64 bits per heavy atom. The summed E-state index contributed by atoms with van der Waals surface area (Å²) >= 11 is 0. The van der Waals surface area contributed by atoms with Crippen molar-refractivity contribution in [3.05, 3.63) is 51.3 Å². The molecule has 0 fully saturated rings. The monoisotopic (exact) mass is 341 g/mol. The number of aryl methyl sites for hydroxylation is 3. The third kappa shape index (κ3) is 3.68. The van der Waals surface area contributed by atoms with Gasteiger partial charge in [0.2, 0.25) is 0 Å². The number of nitrogens with zero attached hydrogens (tertiary/aromatic N) is 3. The fourth-order valence-corrected chi connectivity index (χ4v) is 2.69. The highest BCUT2D eigenvalue weighted by Crippen LogP contribution is 2.24. The molecule has 2 rings (SSSR count). The van der Waals surface area contributed by atoms with Crippen LogP contribution in [0.4, 0.5) is 0 Å². The Morgan fingerprint density at radius 1 is 1.04 bits per heavy atom. The van der Waals surface area contributed by atoms with E-state index in [1.807, 2.05) is 26.8 Å². The van der Waals surface area contributed by atoms with Gasteiger partial charge in [-0.2, -0.15) is 5.10 Å². The molecule has 2 aromatic rings. The Morgan fingerprint density at radius 3 is 2.20 bits per heavy atom. The van der Waals surface area contributed by atoms with Gasteiger partial charge < -0.3 is 4.90 Å². The number of aromatic nitrogens is 2. The second-order valence-electron chi connectivity index (χ2n) is 6.50. The number of carbonyl (C=O) groups is 2. The molecule has 1 aromatic carbocycles. The van der Waals surface area contributed by atoms with Crippen molar-refractivity contribution in [2.75, 3.05) is 14.1 Å². The van der Waals surface area contributed by atoms with Crippen molar-refractivity contribution in [3.63, 3.8) is 0 Å². The minimum absolute atomic E-state index is 0.428. The van der Waals surface area contributed by atoms with E-state index in [1.54, 1.807) is 20.2 Å². The molecule has 1 amide bonds. The Bertz CT molecular complexity index is 897. The number of hydrogen-bond acceptors (Lipinski definition) is 4. The predicted molar refractivity (Wildman–Crippen MR) is 96.6 cm³/mol. The van der Waals surface area contributed by atoms with Crippen molar-refractivity contribution in [1.82, 2.24) is 14.7 Å². The molecule has 0 bridgehead atoms. The van der Waals surface area contributed by atoms with E-state index in [0.717, 1.165) is 21.4 Å². The molecule has 0 saturated carbocycles. The van der Waals surface area contributed by atoms with Gasteiger partial charge in [0.15, 0.2) is 11.8 Å². The summed E-state index contributed by atoms with van der Waals surface area (Å²) in [6.45, 7) is 7.28. The molecule has 1 heterocycles. The van der Waals surface area contributed by atoms with Gasteiger partial charge >= 0.3 is 0 Å². The molecule has 25 heavy (non-hydrogen) atoms. The first-order valence-electron chi connectivity index (χ1n) is 8.03. The summed E-state index contributed by atoms with van der Waals surface area (Å²) in [4.78, 5) is 37.9. The van der Waals surface area contributed by atoms with Crippen LogP contribution in [0.15, 0.2) is 29.1 Å². The zero-order valence-electron chi connectivity index (χ0n) is 15.5. The van der Waals surface area contributed by atoms with Crippen LogP contribution in [0.2, 0.25) is 0 Å². The summed E-state index contributed by atoms with van der Waals surface area (Å²) in [7, 11) is 3.08. The standard InChI is InChI=1S/C19H23N3O3/c1-11-9-13(3)15(10-12(11)2)16-7-8-17(24)22(20-16)18(14(4)23)19(25)21(5)6/h7-10,18H,1-6H3/t18-/m0/s1. The Balaban J connectivity index is 2.65. The van der Waals surface area contributed by atoms with Crippen LogP contribution in [0.1, 0.15) is 29.7 Å². The molecule has 6 heteroatoms. The number of amides is 1. The summed E-state index contributed by atoms with van der Waals surface area (Å²) in [5, 5.41) is 4.34. The molecule has 1 aromatic heterocycles. The minimum Gasteiger partial charge on any atom is -0.347 e. The van der Waals surface area contributed by atoms with E-state index < -0.39 is 23.3 Å². The lowest BCUT2D eigenvalue weighted by Crippen LogP contribution is -2.41. The molecule has 0 spiro atoms. The molecular formula is C19H23N3O3. The zero-order chi connectivity index (χ0) is 18.9. The number of likely N-dealkylation sites (N-methyl/N-ethyl adjacent to an activating group) is 1. The second kappa shape index (κ2) is 7.01. The number of carbonyl (C=O) groups excluding carboxylic acids is 2. The lowest BCUT2D eigenvalue weighted by Gasteiger charge is -2.20. The third-order valence-corrected chi connectivity index (χ3v) is 4.25. The predicted octanol–water partition coefficient (Wildman–Crippen LogP) is 2.05. The number of Topliss-reactive ketones (excluding diaryl/α,β-unsaturated/α-hetero) is 1. The molecule has 0 aliphatic rings. The van der Waals surface area contributed by atoms with Gasteiger partial charge in [-0.15, -0.1) is 0 Å². The lowest BCUT2D eigenvalue weighted by atomic mass is 9.98. The largest absolute Gasteiger partial charge is 0.347 e. The second-order valence-corrected chi connectivity index (χ2v) is 6.50. The van der Waals surface area contributed by atoms with Gasteiger partial charge in [-0.25, -0.2) is 4.68 Å². The molecule has 132 valence electrons. The van der Waals surface area contributed by atoms with E-state index in [4.69, 9.17) is 0 Å². The first-order chi connectivity index (χ1) is 11.6. The fraction of sp³-hybridized carbons (Fsp3) is 0.368. The van der Waals surface area contributed by atoms with Gasteiger partial charge in [0, 0.05) is 25.7 Å². The summed E-state index contributed by atoms with van der Waals surface area (Å²) in [5.41, 5.74) is 4.22. The van der Waals surface area contributed by atoms with Gasteiger partial charge in [-0.05, 0) is 56.5 Å². The summed E-state index contributed by atoms with van der Waals surface area (Å²) in [6, 6.07) is 5.76.